The molecule has 2 saturated carbocycles. The van der Waals surface area contributed by atoms with Crippen LogP contribution in [0.4, 0.5) is 0 Å². The molecular weight excluding hydrogens is 302 g/mol. The zero-order chi connectivity index (χ0) is 16.8. The van der Waals surface area contributed by atoms with E-state index in [-0.39, 0.29) is 17.9 Å². The molecule has 1 aromatic carbocycles. The number of hydrogen-bond donors (Lipinski definition) is 1. The van der Waals surface area contributed by atoms with Gasteiger partial charge in [0.25, 0.3) is 5.91 Å². The number of esters is 1. The highest BCUT2D eigenvalue weighted by Crippen LogP contribution is 2.28. The third-order valence-electron chi connectivity index (χ3n) is 4.99. The van der Waals surface area contributed by atoms with Crippen molar-refractivity contribution in [2.45, 2.75) is 69.9 Å². The van der Waals surface area contributed by atoms with Crippen molar-refractivity contribution in [1.29, 1.82) is 0 Å². The third kappa shape index (κ3) is 5.08. The second kappa shape index (κ2) is 8.32. The molecule has 2 aliphatic carbocycles. The van der Waals surface area contributed by atoms with Crippen molar-refractivity contribution in [3.8, 4) is 0 Å². The van der Waals surface area contributed by atoms with Crippen LogP contribution in [0.1, 0.15) is 69.5 Å². The predicted molar refractivity (Wildman–Crippen MR) is 92.2 cm³/mol. The second-order valence-corrected chi connectivity index (χ2v) is 7.11. The van der Waals surface area contributed by atoms with E-state index in [2.05, 4.69) is 5.32 Å². The summed E-state index contributed by atoms with van der Waals surface area (Å²) >= 11 is 0. The second-order valence-electron chi connectivity index (χ2n) is 7.11. The molecule has 0 spiro atoms. The van der Waals surface area contributed by atoms with Gasteiger partial charge in [-0.1, -0.05) is 62.4 Å². The van der Waals surface area contributed by atoms with Gasteiger partial charge in [-0.05, 0) is 25.2 Å². The molecule has 2 aliphatic rings. The van der Waals surface area contributed by atoms with Crippen LogP contribution >= 0.6 is 0 Å². The van der Waals surface area contributed by atoms with E-state index >= 15 is 0 Å². The van der Waals surface area contributed by atoms with Crippen LogP contribution in [-0.4, -0.2) is 17.9 Å². The highest BCUT2D eigenvalue weighted by molar-refractivity contribution is 5.85. The zero-order valence-corrected chi connectivity index (χ0v) is 14.2. The summed E-state index contributed by atoms with van der Waals surface area (Å²) < 4.78 is 5.57. The van der Waals surface area contributed by atoms with Crippen molar-refractivity contribution < 1.29 is 14.3 Å². The number of amides is 1. The van der Waals surface area contributed by atoms with E-state index in [1.165, 1.54) is 32.1 Å². The van der Waals surface area contributed by atoms with E-state index in [1.807, 2.05) is 30.3 Å². The molecule has 2 fully saturated rings. The lowest BCUT2D eigenvalue weighted by Gasteiger charge is -2.22. The molecule has 0 bridgehead atoms. The first kappa shape index (κ1) is 17.0. The summed E-state index contributed by atoms with van der Waals surface area (Å²) in [4.78, 5) is 24.7. The Morgan fingerprint density at radius 1 is 1.04 bits per heavy atom. The minimum Gasteiger partial charge on any atom is -0.447 e. The van der Waals surface area contributed by atoms with Crippen LogP contribution in [0.15, 0.2) is 30.3 Å². The van der Waals surface area contributed by atoms with Crippen molar-refractivity contribution in [3.63, 3.8) is 0 Å². The molecule has 0 aromatic heterocycles. The Balaban J connectivity index is 1.55. The minimum atomic E-state index is -0.828. The van der Waals surface area contributed by atoms with Crippen LogP contribution in [0.2, 0.25) is 0 Å². The molecule has 4 nitrogen and oxygen atoms in total. The summed E-state index contributed by atoms with van der Waals surface area (Å²) in [6.07, 6.45) is 8.80. The van der Waals surface area contributed by atoms with E-state index < -0.39 is 6.10 Å². The van der Waals surface area contributed by atoms with Gasteiger partial charge >= 0.3 is 5.97 Å². The lowest BCUT2D eigenvalue weighted by atomic mass is 9.86. The monoisotopic (exact) mass is 329 g/mol. The Morgan fingerprint density at radius 3 is 2.42 bits per heavy atom. The SMILES string of the molecule is O=C(CCC1CCCCC1)O[C@@H](C(=O)NC1CC1)c1ccccc1. The van der Waals surface area contributed by atoms with Gasteiger partial charge in [0.15, 0.2) is 0 Å². The summed E-state index contributed by atoms with van der Waals surface area (Å²) in [6.45, 7) is 0. The highest BCUT2D eigenvalue weighted by Gasteiger charge is 2.30. The Hall–Kier alpha value is -1.84. The van der Waals surface area contributed by atoms with Gasteiger partial charge in [0.2, 0.25) is 6.10 Å². The Bertz CT molecular complexity index is 547. The van der Waals surface area contributed by atoms with E-state index in [0.29, 0.717) is 12.3 Å². The normalized spacial score (nSPS) is 19.5. The molecule has 1 aromatic rings. The maximum atomic E-state index is 12.4. The minimum absolute atomic E-state index is 0.199. The van der Waals surface area contributed by atoms with Gasteiger partial charge in [0.05, 0.1) is 0 Å². The van der Waals surface area contributed by atoms with Crippen molar-refractivity contribution in [1.82, 2.24) is 5.32 Å². The standard InChI is InChI=1S/C20H27NO3/c22-18(14-11-15-7-3-1-4-8-15)24-19(16-9-5-2-6-10-16)20(23)21-17-12-13-17/h2,5-6,9-10,15,17,19H,1,3-4,7-8,11-14H2,(H,21,23)/t19-/m1/s1. The van der Waals surface area contributed by atoms with Crippen LogP contribution in [0.25, 0.3) is 0 Å². The van der Waals surface area contributed by atoms with Gasteiger partial charge in [-0.25, -0.2) is 0 Å². The molecule has 1 amide bonds. The Morgan fingerprint density at radius 2 is 1.75 bits per heavy atom. The molecule has 24 heavy (non-hydrogen) atoms. The molecule has 4 heteroatoms. The maximum Gasteiger partial charge on any atom is 0.306 e. The van der Waals surface area contributed by atoms with Crippen LogP contribution in [0.3, 0.4) is 0 Å². The molecular formula is C20H27NO3. The fourth-order valence-electron chi connectivity index (χ4n) is 3.39. The lowest BCUT2D eigenvalue weighted by molar-refractivity contribution is -0.156. The Labute approximate surface area is 144 Å². The van der Waals surface area contributed by atoms with Gasteiger partial charge < -0.3 is 10.1 Å². The molecule has 0 unspecified atom stereocenters. The van der Waals surface area contributed by atoms with Crippen molar-refractivity contribution >= 4 is 11.9 Å². The molecule has 0 radical (unpaired) electrons. The molecule has 3 rings (SSSR count). The average Bonchev–Trinajstić information content (AvgIpc) is 3.43. The average molecular weight is 329 g/mol. The maximum absolute atomic E-state index is 12.4. The fraction of sp³-hybridized carbons (Fsp3) is 0.600. The third-order valence-corrected chi connectivity index (χ3v) is 4.99. The van der Waals surface area contributed by atoms with Crippen LogP contribution in [0.5, 0.6) is 0 Å². The lowest BCUT2D eigenvalue weighted by Crippen LogP contribution is -2.33. The predicted octanol–water partition coefficient (Wildman–Crippen LogP) is 3.91. The van der Waals surface area contributed by atoms with Crippen LogP contribution < -0.4 is 5.32 Å². The number of hydrogen-bond acceptors (Lipinski definition) is 3. The van der Waals surface area contributed by atoms with Gasteiger partial charge in [0, 0.05) is 18.0 Å². The summed E-state index contributed by atoms with van der Waals surface area (Å²) in [5.74, 6) is 0.178. The topological polar surface area (TPSA) is 55.4 Å². The van der Waals surface area contributed by atoms with Crippen LogP contribution in [-0.2, 0) is 14.3 Å². The Kier molecular flexibility index (Phi) is 5.89. The highest BCUT2D eigenvalue weighted by atomic mass is 16.5. The van der Waals surface area contributed by atoms with Crippen molar-refractivity contribution in [3.05, 3.63) is 35.9 Å². The van der Waals surface area contributed by atoms with Crippen LogP contribution in [0, 0.1) is 5.92 Å². The number of carbonyl (C=O) groups is 2. The van der Waals surface area contributed by atoms with Crippen molar-refractivity contribution in [2.24, 2.45) is 5.92 Å². The number of nitrogens with one attached hydrogen (secondary N) is 1. The first-order valence-electron chi connectivity index (χ1n) is 9.27. The van der Waals surface area contributed by atoms with Gasteiger partial charge in [-0.3, -0.25) is 9.59 Å². The van der Waals surface area contributed by atoms with E-state index in [0.717, 1.165) is 24.8 Å². The summed E-state index contributed by atoms with van der Waals surface area (Å²) in [5.41, 5.74) is 0.738. The smallest absolute Gasteiger partial charge is 0.306 e. The van der Waals surface area contributed by atoms with Crippen molar-refractivity contribution in [2.75, 3.05) is 0 Å². The summed E-state index contributed by atoms with van der Waals surface area (Å²) in [6, 6.07) is 9.55. The van der Waals surface area contributed by atoms with E-state index in [4.69, 9.17) is 4.74 Å². The van der Waals surface area contributed by atoms with Gasteiger partial charge in [-0.15, -0.1) is 0 Å². The van der Waals surface area contributed by atoms with Gasteiger partial charge in [0.1, 0.15) is 0 Å². The first-order valence-corrected chi connectivity index (χ1v) is 9.27. The quantitative estimate of drug-likeness (QED) is 0.772. The molecule has 130 valence electrons. The number of rotatable bonds is 7. The molecule has 0 heterocycles. The van der Waals surface area contributed by atoms with Gasteiger partial charge in [-0.2, -0.15) is 0 Å². The summed E-state index contributed by atoms with van der Waals surface area (Å²) in [5, 5.41) is 2.95. The molecule has 1 N–H and O–H groups in total. The largest absolute Gasteiger partial charge is 0.447 e. The number of ether oxygens (including phenoxy) is 1. The molecule has 0 aliphatic heterocycles. The van der Waals surface area contributed by atoms with E-state index in [1.54, 1.807) is 0 Å². The summed E-state index contributed by atoms with van der Waals surface area (Å²) in [7, 11) is 0. The van der Waals surface area contributed by atoms with E-state index in [9.17, 15) is 9.59 Å². The number of carbonyl (C=O) groups excluding carboxylic acids is 2. The zero-order valence-electron chi connectivity index (χ0n) is 14.2. The fourth-order valence-corrected chi connectivity index (χ4v) is 3.39. The molecule has 0 saturated heterocycles. The first-order chi connectivity index (χ1) is 11.7. The number of benzene rings is 1. The molecule has 1 atom stereocenters.